The molecule has 0 saturated carbocycles. The topological polar surface area (TPSA) is 77.3 Å². The van der Waals surface area contributed by atoms with Crippen molar-refractivity contribution in [2.45, 2.75) is 10.6 Å². The van der Waals surface area contributed by atoms with Crippen molar-refractivity contribution >= 4 is 42.2 Å². The second kappa shape index (κ2) is 6.33. The molecule has 7 heteroatoms. The second-order valence-electron chi connectivity index (χ2n) is 5.27. The lowest BCUT2D eigenvalue weighted by molar-refractivity contribution is -0.385. The molecule has 5 nitrogen and oxygen atoms in total. The number of halogens is 1. The molecule has 0 radical (unpaired) electrons. The van der Waals surface area contributed by atoms with Crippen LogP contribution in [-0.2, 0) is 15.6 Å². The van der Waals surface area contributed by atoms with Gasteiger partial charge in [-0.1, -0.05) is 52.3 Å². The highest BCUT2D eigenvalue weighted by Gasteiger charge is 2.23. The quantitative estimate of drug-likeness (QED) is 0.473. The summed E-state index contributed by atoms with van der Waals surface area (Å²) in [6.07, 6.45) is 0. The molecule has 0 aromatic heterocycles. The third-order valence-electron chi connectivity index (χ3n) is 3.67. The van der Waals surface area contributed by atoms with E-state index in [0.717, 1.165) is 5.39 Å². The van der Waals surface area contributed by atoms with Gasteiger partial charge in [-0.2, -0.15) is 0 Å². The van der Waals surface area contributed by atoms with E-state index in [0.29, 0.717) is 9.86 Å². The fourth-order valence-electron chi connectivity index (χ4n) is 2.60. The number of hydrogen-bond donors (Lipinski definition) is 0. The van der Waals surface area contributed by atoms with Gasteiger partial charge in [-0.3, -0.25) is 10.1 Å². The minimum Gasteiger partial charge on any atom is -0.258 e. The smallest absolute Gasteiger partial charge is 0.258 e. The van der Waals surface area contributed by atoms with Crippen molar-refractivity contribution in [2.24, 2.45) is 0 Å². The van der Waals surface area contributed by atoms with Gasteiger partial charge in [-0.15, -0.1) is 0 Å². The van der Waals surface area contributed by atoms with Crippen LogP contribution in [0.3, 0.4) is 0 Å². The highest BCUT2D eigenvalue weighted by molar-refractivity contribution is 9.10. The van der Waals surface area contributed by atoms with E-state index in [4.69, 9.17) is 0 Å². The number of benzene rings is 3. The van der Waals surface area contributed by atoms with E-state index >= 15 is 0 Å². The van der Waals surface area contributed by atoms with Crippen LogP contribution in [0.15, 0.2) is 70.0 Å². The van der Waals surface area contributed by atoms with Gasteiger partial charge in [0, 0.05) is 21.5 Å². The van der Waals surface area contributed by atoms with Crippen molar-refractivity contribution in [3.05, 3.63) is 80.8 Å². The molecule has 3 rings (SSSR count). The third-order valence-corrected chi connectivity index (χ3v) is 5.88. The van der Waals surface area contributed by atoms with E-state index in [9.17, 15) is 18.5 Å². The first-order valence-electron chi connectivity index (χ1n) is 7.02. The Morgan fingerprint density at radius 3 is 2.46 bits per heavy atom. The van der Waals surface area contributed by atoms with Crippen LogP contribution in [0.4, 0.5) is 5.69 Å². The molecule has 0 unspecified atom stereocenters. The van der Waals surface area contributed by atoms with Crippen molar-refractivity contribution in [1.82, 2.24) is 0 Å². The Bertz CT molecular complexity index is 1040. The second-order valence-corrected chi connectivity index (χ2v) is 8.14. The summed E-state index contributed by atoms with van der Waals surface area (Å²) in [5.74, 6) is -0.434. The van der Waals surface area contributed by atoms with E-state index in [1.54, 1.807) is 18.2 Å². The Morgan fingerprint density at radius 1 is 1.00 bits per heavy atom. The van der Waals surface area contributed by atoms with Crippen LogP contribution < -0.4 is 0 Å². The van der Waals surface area contributed by atoms with Crippen molar-refractivity contribution in [2.75, 3.05) is 0 Å². The highest BCUT2D eigenvalue weighted by Crippen LogP contribution is 2.30. The molecule has 0 aliphatic carbocycles. The van der Waals surface area contributed by atoms with E-state index < -0.39 is 20.5 Å². The van der Waals surface area contributed by atoms with Gasteiger partial charge in [0.15, 0.2) is 9.84 Å². The molecule has 3 aromatic rings. The van der Waals surface area contributed by atoms with Crippen molar-refractivity contribution in [1.29, 1.82) is 0 Å². The maximum absolute atomic E-state index is 12.9. The Hall–Kier alpha value is -2.25. The van der Waals surface area contributed by atoms with Gasteiger partial charge in [-0.05, 0) is 23.6 Å². The van der Waals surface area contributed by atoms with Gasteiger partial charge >= 0.3 is 0 Å². The normalized spacial score (nSPS) is 11.5. The highest BCUT2D eigenvalue weighted by atomic mass is 79.9. The summed E-state index contributed by atoms with van der Waals surface area (Å²) >= 11 is 3.23. The first-order valence-corrected chi connectivity index (χ1v) is 9.46. The lowest BCUT2D eigenvalue weighted by Crippen LogP contribution is -2.07. The lowest BCUT2D eigenvalue weighted by Gasteiger charge is -2.09. The summed E-state index contributed by atoms with van der Waals surface area (Å²) in [5, 5.41) is 12.6. The molecule has 0 heterocycles. The Labute approximate surface area is 147 Å². The van der Waals surface area contributed by atoms with Gasteiger partial charge < -0.3 is 0 Å². The van der Waals surface area contributed by atoms with E-state index in [1.807, 2.05) is 18.2 Å². The zero-order valence-electron chi connectivity index (χ0n) is 12.3. The molecule has 0 atom stereocenters. The monoisotopic (exact) mass is 405 g/mol. The fraction of sp³-hybridized carbons (Fsp3) is 0.0588. The first kappa shape index (κ1) is 16.6. The van der Waals surface area contributed by atoms with Gasteiger partial charge in [0.05, 0.1) is 15.6 Å². The van der Waals surface area contributed by atoms with Crippen molar-refractivity contribution in [3.63, 3.8) is 0 Å². The molecule has 24 heavy (non-hydrogen) atoms. The SMILES string of the molecule is O=[N+]([O-])c1ccc(Br)cc1CS(=O)(=O)c1cccc2ccccc12. The minimum absolute atomic E-state index is 0.155. The number of fused-ring (bicyclic) bond motifs is 1. The molecule has 0 spiro atoms. The van der Waals surface area contributed by atoms with Gasteiger partial charge in [0.2, 0.25) is 0 Å². The average Bonchev–Trinajstić information content (AvgIpc) is 2.53. The summed E-state index contributed by atoms with van der Waals surface area (Å²) < 4.78 is 26.3. The molecule has 0 saturated heterocycles. The van der Waals surface area contributed by atoms with Crippen LogP contribution in [-0.4, -0.2) is 13.3 Å². The maximum atomic E-state index is 12.9. The number of nitro benzene ring substituents is 1. The molecular weight excluding hydrogens is 394 g/mol. The Kier molecular flexibility index (Phi) is 4.38. The molecule has 3 aromatic carbocycles. The Balaban J connectivity index is 2.13. The number of hydrogen-bond acceptors (Lipinski definition) is 4. The molecule has 0 amide bonds. The summed E-state index contributed by atoms with van der Waals surface area (Å²) in [6, 6.07) is 16.5. The van der Waals surface area contributed by atoms with Crippen LogP contribution in [0.2, 0.25) is 0 Å². The number of rotatable bonds is 4. The molecular formula is C17H12BrNO4S. The van der Waals surface area contributed by atoms with Crippen LogP contribution in [0.25, 0.3) is 10.8 Å². The standard InChI is InChI=1S/C17H12BrNO4S/c18-14-8-9-16(19(20)21)13(10-14)11-24(22,23)17-7-3-5-12-4-1-2-6-15(12)17/h1-10H,11H2. The predicted octanol–water partition coefficient (Wildman–Crippen LogP) is 4.48. The van der Waals surface area contributed by atoms with Crippen LogP contribution in [0, 0.1) is 10.1 Å². The number of sulfone groups is 1. The molecule has 0 aliphatic rings. The summed E-state index contributed by atoms with van der Waals surface area (Å²) in [5.41, 5.74) is -0.0516. The maximum Gasteiger partial charge on any atom is 0.273 e. The Morgan fingerprint density at radius 2 is 1.71 bits per heavy atom. The fourth-order valence-corrected chi connectivity index (χ4v) is 4.61. The number of nitro groups is 1. The molecule has 122 valence electrons. The van der Waals surface area contributed by atoms with Gasteiger partial charge in [-0.25, -0.2) is 8.42 Å². The zero-order valence-corrected chi connectivity index (χ0v) is 14.7. The first-order chi connectivity index (χ1) is 11.4. The molecule has 0 fully saturated rings. The molecule has 0 N–H and O–H groups in total. The zero-order chi connectivity index (χ0) is 17.3. The van der Waals surface area contributed by atoms with Crippen LogP contribution >= 0.6 is 15.9 Å². The lowest BCUT2D eigenvalue weighted by atomic mass is 10.1. The summed E-state index contributed by atoms with van der Waals surface area (Å²) in [6.45, 7) is 0. The average molecular weight is 406 g/mol. The van der Waals surface area contributed by atoms with Gasteiger partial charge in [0.1, 0.15) is 0 Å². The van der Waals surface area contributed by atoms with Gasteiger partial charge in [0.25, 0.3) is 5.69 Å². The number of nitrogens with zero attached hydrogens (tertiary/aromatic N) is 1. The van der Waals surface area contributed by atoms with E-state index in [1.165, 1.54) is 24.3 Å². The third kappa shape index (κ3) is 3.18. The van der Waals surface area contributed by atoms with Crippen LogP contribution in [0.5, 0.6) is 0 Å². The predicted molar refractivity (Wildman–Crippen MR) is 95.6 cm³/mol. The van der Waals surface area contributed by atoms with Crippen LogP contribution in [0.1, 0.15) is 5.56 Å². The van der Waals surface area contributed by atoms with Crippen molar-refractivity contribution < 1.29 is 13.3 Å². The minimum atomic E-state index is -3.74. The van der Waals surface area contributed by atoms with E-state index in [-0.39, 0.29) is 16.1 Å². The molecule has 0 aliphatic heterocycles. The molecule has 0 bridgehead atoms. The largest absolute Gasteiger partial charge is 0.273 e. The van der Waals surface area contributed by atoms with Crippen molar-refractivity contribution in [3.8, 4) is 0 Å². The van der Waals surface area contributed by atoms with E-state index in [2.05, 4.69) is 15.9 Å². The summed E-state index contributed by atoms with van der Waals surface area (Å²) in [7, 11) is -3.74. The summed E-state index contributed by atoms with van der Waals surface area (Å²) in [4.78, 5) is 10.8.